The lowest BCUT2D eigenvalue weighted by atomic mass is 10.0. The molecule has 2 aromatic rings. The van der Waals surface area contributed by atoms with Gasteiger partial charge >= 0.3 is 0 Å². The highest BCUT2D eigenvalue weighted by atomic mass is 35.5. The number of nitrogens with zero attached hydrogens (tertiary/aromatic N) is 1. The van der Waals surface area contributed by atoms with Crippen LogP contribution in [-0.4, -0.2) is 10.9 Å². The number of pyridine rings is 1. The lowest BCUT2D eigenvalue weighted by Gasteiger charge is -2.16. The van der Waals surface area contributed by atoms with Gasteiger partial charge in [0.05, 0.1) is 6.04 Å². The molecular weight excluding hydrogens is 284 g/mol. The normalized spacial score (nSPS) is 12.3. The van der Waals surface area contributed by atoms with Crippen molar-refractivity contribution >= 4 is 23.6 Å². The predicted octanol–water partition coefficient (Wildman–Crippen LogP) is 4.02. The molecule has 1 aromatic carbocycles. The van der Waals surface area contributed by atoms with Crippen LogP contribution in [0.2, 0.25) is 5.02 Å². The number of aromatic nitrogens is 1. The van der Waals surface area contributed by atoms with E-state index in [2.05, 4.69) is 10.3 Å². The van der Waals surface area contributed by atoms with Gasteiger partial charge in [-0.1, -0.05) is 30.7 Å². The Morgan fingerprint density at radius 2 is 1.90 bits per heavy atom. The Labute approximate surface area is 129 Å². The fourth-order valence-corrected chi connectivity index (χ4v) is 2.11. The average Bonchev–Trinajstić information content (AvgIpc) is 2.52. The van der Waals surface area contributed by atoms with Crippen LogP contribution in [0, 0.1) is 0 Å². The Balaban J connectivity index is 2.00. The van der Waals surface area contributed by atoms with Gasteiger partial charge in [0.15, 0.2) is 0 Å². The number of carbonyl (C=O) groups is 1. The van der Waals surface area contributed by atoms with Crippen LogP contribution in [0.25, 0.3) is 6.08 Å². The van der Waals surface area contributed by atoms with Crippen LogP contribution in [0.3, 0.4) is 0 Å². The first-order valence-electron chi connectivity index (χ1n) is 6.83. The zero-order valence-corrected chi connectivity index (χ0v) is 12.5. The number of amides is 1. The summed E-state index contributed by atoms with van der Waals surface area (Å²) in [6.45, 7) is 2.03. The minimum absolute atomic E-state index is 0.0168. The van der Waals surface area contributed by atoms with Crippen LogP contribution >= 0.6 is 11.6 Å². The molecule has 0 saturated heterocycles. The Morgan fingerprint density at radius 3 is 2.52 bits per heavy atom. The van der Waals surface area contributed by atoms with Crippen LogP contribution in [0.15, 0.2) is 54.9 Å². The zero-order chi connectivity index (χ0) is 15.1. The summed E-state index contributed by atoms with van der Waals surface area (Å²) in [7, 11) is 0. The summed E-state index contributed by atoms with van der Waals surface area (Å²) < 4.78 is 0. The molecule has 1 heterocycles. The number of carbonyl (C=O) groups excluding carboxylic acids is 1. The second-order valence-electron chi connectivity index (χ2n) is 4.63. The molecular formula is C17H17ClN2O. The minimum atomic E-state index is -0.117. The van der Waals surface area contributed by atoms with E-state index in [1.165, 1.54) is 6.08 Å². The molecule has 0 aliphatic carbocycles. The van der Waals surface area contributed by atoms with E-state index < -0.39 is 0 Å². The van der Waals surface area contributed by atoms with Gasteiger partial charge < -0.3 is 5.32 Å². The number of hydrogen-bond acceptors (Lipinski definition) is 2. The summed E-state index contributed by atoms with van der Waals surface area (Å²) >= 11 is 5.88. The molecule has 0 aliphatic heterocycles. The second kappa shape index (κ2) is 7.60. The van der Waals surface area contributed by atoms with E-state index in [-0.39, 0.29) is 11.9 Å². The Bertz CT molecular complexity index is 608. The van der Waals surface area contributed by atoms with Crippen molar-refractivity contribution < 1.29 is 4.79 Å². The number of rotatable bonds is 5. The van der Waals surface area contributed by atoms with E-state index in [9.17, 15) is 4.79 Å². The first-order chi connectivity index (χ1) is 10.2. The number of nitrogens with one attached hydrogen (secondary N) is 1. The summed E-state index contributed by atoms with van der Waals surface area (Å²) in [6.07, 6.45) is 7.51. The van der Waals surface area contributed by atoms with Crippen molar-refractivity contribution in [1.29, 1.82) is 0 Å². The lowest BCUT2D eigenvalue weighted by Crippen LogP contribution is -2.26. The smallest absolute Gasteiger partial charge is 0.244 e. The third-order valence-electron chi connectivity index (χ3n) is 3.13. The van der Waals surface area contributed by atoms with Crippen molar-refractivity contribution in [1.82, 2.24) is 10.3 Å². The van der Waals surface area contributed by atoms with Gasteiger partial charge in [-0.25, -0.2) is 0 Å². The second-order valence-corrected chi connectivity index (χ2v) is 5.07. The van der Waals surface area contributed by atoms with Crippen molar-refractivity contribution in [3.63, 3.8) is 0 Å². The van der Waals surface area contributed by atoms with Gasteiger partial charge in [-0.2, -0.15) is 0 Å². The Hall–Kier alpha value is -2.13. The SMILES string of the molecule is CCC(NC(=O)/C=C/c1ccncc1)c1ccc(Cl)cc1. The van der Waals surface area contributed by atoms with Crippen molar-refractivity contribution in [3.05, 3.63) is 71.0 Å². The molecule has 3 nitrogen and oxygen atoms in total. The van der Waals surface area contributed by atoms with E-state index >= 15 is 0 Å². The van der Waals surface area contributed by atoms with Gasteiger partial charge in [0.25, 0.3) is 0 Å². The maximum absolute atomic E-state index is 12.0. The van der Waals surface area contributed by atoms with Gasteiger partial charge in [-0.05, 0) is 47.9 Å². The molecule has 21 heavy (non-hydrogen) atoms. The van der Waals surface area contributed by atoms with Gasteiger partial charge in [-0.3, -0.25) is 9.78 Å². The van der Waals surface area contributed by atoms with E-state index in [0.717, 1.165) is 17.5 Å². The highest BCUT2D eigenvalue weighted by molar-refractivity contribution is 6.30. The molecule has 108 valence electrons. The number of halogens is 1. The van der Waals surface area contributed by atoms with Crippen LogP contribution in [0.5, 0.6) is 0 Å². The lowest BCUT2D eigenvalue weighted by molar-refractivity contribution is -0.117. The highest BCUT2D eigenvalue weighted by Gasteiger charge is 2.10. The molecule has 1 aromatic heterocycles. The Morgan fingerprint density at radius 1 is 1.24 bits per heavy atom. The van der Waals surface area contributed by atoms with Gasteiger partial charge in [-0.15, -0.1) is 0 Å². The first-order valence-corrected chi connectivity index (χ1v) is 7.21. The van der Waals surface area contributed by atoms with Crippen LogP contribution in [0.1, 0.15) is 30.5 Å². The van der Waals surface area contributed by atoms with E-state index in [0.29, 0.717) is 5.02 Å². The predicted molar refractivity (Wildman–Crippen MR) is 85.9 cm³/mol. The van der Waals surface area contributed by atoms with Gasteiger partial charge in [0.2, 0.25) is 5.91 Å². The summed E-state index contributed by atoms with van der Waals surface area (Å²) in [6, 6.07) is 11.2. The van der Waals surface area contributed by atoms with Crippen molar-refractivity contribution in [2.45, 2.75) is 19.4 Å². The molecule has 0 spiro atoms. The third-order valence-corrected chi connectivity index (χ3v) is 3.38. The number of hydrogen-bond donors (Lipinski definition) is 1. The Kier molecular flexibility index (Phi) is 5.52. The molecule has 4 heteroatoms. The third kappa shape index (κ3) is 4.72. The molecule has 1 amide bonds. The van der Waals surface area contributed by atoms with E-state index in [1.807, 2.05) is 43.3 Å². The molecule has 0 aliphatic rings. The van der Waals surface area contributed by atoms with Crippen molar-refractivity contribution in [3.8, 4) is 0 Å². The molecule has 1 N–H and O–H groups in total. The molecule has 1 unspecified atom stereocenters. The monoisotopic (exact) mass is 300 g/mol. The highest BCUT2D eigenvalue weighted by Crippen LogP contribution is 2.19. The molecule has 0 bridgehead atoms. The largest absolute Gasteiger partial charge is 0.346 e. The maximum atomic E-state index is 12.0. The quantitative estimate of drug-likeness (QED) is 0.848. The standard InChI is InChI=1S/C17H17ClN2O/c1-2-16(14-4-6-15(18)7-5-14)20-17(21)8-3-13-9-11-19-12-10-13/h3-12,16H,2H2,1H3,(H,20,21)/b8-3+. The summed E-state index contributed by atoms with van der Waals surface area (Å²) in [4.78, 5) is 15.9. The fraction of sp³-hybridized carbons (Fsp3) is 0.176. The summed E-state index contributed by atoms with van der Waals surface area (Å²) in [5, 5.41) is 3.68. The van der Waals surface area contributed by atoms with Crippen molar-refractivity contribution in [2.75, 3.05) is 0 Å². The average molecular weight is 301 g/mol. The molecule has 2 rings (SSSR count). The van der Waals surface area contributed by atoms with Gasteiger partial charge in [0, 0.05) is 23.5 Å². The summed E-state index contributed by atoms with van der Waals surface area (Å²) in [5.74, 6) is -0.117. The van der Waals surface area contributed by atoms with Crippen molar-refractivity contribution in [2.24, 2.45) is 0 Å². The minimum Gasteiger partial charge on any atom is -0.346 e. The van der Waals surface area contributed by atoms with Crippen LogP contribution < -0.4 is 5.32 Å². The maximum Gasteiger partial charge on any atom is 0.244 e. The van der Waals surface area contributed by atoms with Gasteiger partial charge in [0.1, 0.15) is 0 Å². The van der Waals surface area contributed by atoms with Crippen LogP contribution in [-0.2, 0) is 4.79 Å². The first kappa shape index (κ1) is 15.3. The zero-order valence-electron chi connectivity index (χ0n) is 11.8. The summed E-state index contributed by atoms with van der Waals surface area (Å²) in [5.41, 5.74) is 1.99. The van der Waals surface area contributed by atoms with Crippen LogP contribution in [0.4, 0.5) is 0 Å². The molecule has 0 radical (unpaired) electrons. The molecule has 1 atom stereocenters. The topological polar surface area (TPSA) is 42.0 Å². The fourth-order valence-electron chi connectivity index (χ4n) is 1.98. The van der Waals surface area contributed by atoms with E-state index in [4.69, 9.17) is 11.6 Å². The molecule has 0 fully saturated rings. The molecule has 0 saturated carbocycles. The van der Waals surface area contributed by atoms with E-state index in [1.54, 1.807) is 18.5 Å². The number of benzene rings is 1.